The number of hydrogen-bond acceptors (Lipinski definition) is 5. The fourth-order valence-corrected chi connectivity index (χ4v) is 1.81. The number of hydrogen-bond donors (Lipinski definition) is 1. The first-order chi connectivity index (χ1) is 9.60. The molecule has 0 aliphatic carbocycles. The van der Waals surface area contributed by atoms with Crippen molar-refractivity contribution >= 4 is 5.69 Å². The van der Waals surface area contributed by atoms with Crippen molar-refractivity contribution in [2.24, 2.45) is 5.92 Å². The summed E-state index contributed by atoms with van der Waals surface area (Å²) >= 11 is 0. The number of nitrogens with zero attached hydrogens (tertiary/aromatic N) is 3. The topological polar surface area (TPSA) is 75.2 Å². The van der Waals surface area contributed by atoms with Crippen LogP contribution in [0.15, 0.2) is 24.5 Å². The van der Waals surface area contributed by atoms with Gasteiger partial charge in [0.05, 0.1) is 12.8 Å². The predicted molar refractivity (Wildman–Crippen MR) is 76.6 cm³/mol. The van der Waals surface area contributed by atoms with Gasteiger partial charge >= 0.3 is 0 Å². The van der Waals surface area contributed by atoms with Crippen molar-refractivity contribution in [2.45, 2.75) is 27.0 Å². The van der Waals surface area contributed by atoms with Crippen LogP contribution in [0.4, 0.5) is 5.69 Å². The fraction of sp³-hybridized carbons (Fsp3) is 0.429. The van der Waals surface area contributed by atoms with Crippen LogP contribution in [0.5, 0.6) is 11.5 Å². The minimum atomic E-state index is 0.323. The van der Waals surface area contributed by atoms with Gasteiger partial charge in [-0.2, -0.15) is 5.10 Å². The van der Waals surface area contributed by atoms with Crippen molar-refractivity contribution in [3.05, 3.63) is 30.4 Å². The molecule has 20 heavy (non-hydrogen) atoms. The highest BCUT2D eigenvalue weighted by Crippen LogP contribution is 2.27. The van der Waals surface area contributed by atoms with Crippen LogP contribution in [0.3, 0.4) is 0 Å². The molecule has 0 aliphatic heterocycles. The Kier molecular flexibility index (Phi) is 4.45. The first-order valence-electron chi connectivity index (χ1n) is 6.53. The molecule has 0 unspecified atom stereocenters. The maximum Gasteiger partial charge on any atom is 0.164 e. The largest absolute Gasteiger partial charge is 0.497 e. The van der Waals surface area contributed by atoms with E-state index in [4.69, 9.17) is 15.2 Å². The van der Waals surface area contributed by atoms with Crippen LogP contribution in [-0.2, 0) is 13.2 Å². The van der Waals surface area contributed by atoms with E-state index in [0.29, 0.717) is 29.7 Å². The van der Waals surface area contributed by atoms with E-state index in [9.17, 15) is 0 Å². The van der Waals surface area contributed by atoms with E-state index in [1.54, 1.807) is 25.3 Å². The van der Waals surface area contributed by atoms with Crippen LogP contribution < -0.4 is 15.2 Å². The second-order valence-electron chi connectivity index (χ2n) is 4.94. The summed E-state index contributed by atoms with van der Waals surface area (Å²) in [5.74, 6) is 2.57. The van der Waals surface area contributed by atoms with Crippen LogP contribution in [-0.4, -0.2) is 21.9 Å². The molecule has 0 spiro atoms. The third-order valence-corrected chi connectivity index (χ3v) is 2.81. The summed E-state index contributed by atoms with van der Waals surface area (Å²) in [6, 6.07) is 5.31. The summed E-state index contributed by atoms with van der Waals surface area (Å²) in [5.41, 5.74) is 6.45. The lowest BCUT2D eigenvalue weighted by Gasteiger charge is -2.12. The van der Waals surface area contributed by atoms with E-state index in [-0.39, 0.29) is 0 Å². The van der Waals surface area contributed by atoms with Crippen molar-refractivity contribution < 1.29 is 9.47 Å². The molecule has 108 valence electrons. The molecule has 2 N–H and O–H groups in total. The molecule has 1 heterocycles. The lowest BCUT2D eigenvalue weighted by molar-refractivity contribution is 0.282. The van der Waals surface area contributed by atoms with Crippen LogP contribution in [0, 0.1) is 5.92 Å². The standard InChI is InChI=1S/C14H20N4O2/c1-10(2)7-18-14(16-9-17-18)8-20-13-6-11(19-3)4-5-12(13)15/h4-6,9-10H,7-8,15H2,1-3H3. The van der Waals surface area contributed by atoms with Crippen molar-refractivity contribution in [1.82, 2.24) is 14.8 Å². The van der Waals surface area contributed by atoms with Crippen molar-refractivity contribution in [2.75, 3.05) is 12.8 Å². The number of ether oxygens (including phenoxy) is 2. The van der Waals surface area contributed by atoms with Gasteiger partial charge < -0.3 is 15.2 Å². The van der Waals surface area contributed by atoms with E-state index in [1.807, 2.05) is 4.68 Å². The number of nitrogens with two attached hydrogens (primary N) is 1. The molecule has 0 saturated carbocycles. The molecule has 0 fully saturated rings. The Hall–Kier alpha value is -2.24. The van der Waals surface area contributed by atoms with Gasteiger partial charge in [-0.05, 0) is 18.1 Å². The molecule has 0 amide bonds. The van der Waals surface area contributed by atoms with Gasteiger partial charge in [-0.25, -0.2) is 9.67 Å². The Morgan fingerprint density at radius 1 is 1.35 bits per heavy atom. The molecule has 2 rings (SSSR count). The van der Waals surface area contributed by atoms with Gasteiger partial charge in [-0.1, -0.05) is 13.8 Å². The number of rotatable bonds is 6. The first-order valence-corrected chi connectivity index (χ1v) is 6.53. The molecule has 1 aromatic carbocycles. The molecular weight excluding hydrogens is 256 g/mol. The highest BCUT2D eigenvalue weighted by atomic mass is 16.5. The first kappa shape index (κ1) is 14.2. The smallest absolute Gasteiger partial charge is 0.164 e. The summed E-state index contributed by atoms with van der Waals surface area (Å²) < 4.78 is 12.7. The molecule has 0 radical (unpaired) electrons. The molecule has 0 aliphatic rings. The lowest BCUT2D eigenvalue weighted by Crippen LogP contribution is -2.12. The van der Waals surface area contributed by atoms with E-state index < -0.39 is 0 Å². The Balaban J connectivity index is 2.07. The number of benzene rings is 1. The third-order valence-electron chi connectivity index (χ3n) is 2.81. The van der Waals surface area contributed by atoms with Gasteiger partial charge in [0.15, 0.2) is 5.82 Å². The summed E-state index contributed by atoms with van der Waals surface area (Å²) in [6.07, 6.45) is 1.54. The number of methoxy groups -OCH3 is 1. The van der Waals surface area contributed by atoms with Crippen LogP contribution >= 0.6 is 0 Å². The number of anilines is 1. The Morgan fingerprint density at radius 2 is 2.15 bits per heavy atom. The SMILES string of the molecule is COc1ccc(N)c(OCc2ncnn2CC(C)C)c1. The fourth-order valence-electron chi connectivity index (χ4n) is 1.81. The maximum atomic E-state index is 5.88. The molecule has 0 atom stereocenters. The van der Waals surface area contributed by atoms with Gasteiger partial charge in [-0.15, -0.1) is 0 Å². The lowest BCUT2D eigenvalue weighted by atomic mass is 10.2. The average Bonchev–Trinajstić information content (AvgIpc) is 2.84. The van der Waals surface area contributed by atoms with Gasteiger partial charge in [0.25, 0.3) is 0 Å². The van der Waals surface area contributed by atoms with E-state index in [2.05, 4.69) is 23.9 Å². The van der Waals surface area contributed by atoms with Gasteiger partial charge in [-0.3, -0.25) is 0 Å². The summed E-state index contributed by atoms with van der Waals surface area (Å²) in [6.45, 7) is 5.40. The minimum absolute atomic E-state index is 0.323. The van der Waals surface area contributed by atoms with Gasteiger partial charge in [0.2, 0.25) is 0 Å². The summed E-state index contributed by atoms with van der Waals surface area (Å²) in [4.78, 5) is 4.21. The van der Waals surface area contributed by atoms with Crippen LogP contribution in [0.1, 0.15) is 19.7 Å². The highest BCUT2D eigenvalue weighted by molar-refractivity contribution is 5.55. The van der Waals surface area contributed by atoms with Gasteiger partial charge in [0, 0.05) is 12.6 Å². The monoisotopic (exact) mass is 276 g/mol. The normalized spacial score (nSPS) is 10.8. The van der Waals surface area contributed by atoms with E-state index >= 15 is 0 Å². The highest BCUT2D eigenvalue weighted by Gasteiger charge is 2.09. The molecule has 6 nitrogen and oxygen atoms in total. The minimum Gasteiger partial charge on any atom is -0.497 e. The zero-order valence-electron chi connectivity index (χ0n) is 12.0. The molecule has 0 bridgehead atoms. The predicted octanol–water partition coefficient (Wildman–Crippen LogP) is 2.10. The number of aromatic nitrogens is 3. The van der Waals surface area contributed by atoms with Crippen LogP contribution in [0.2, 0.25) is 0 Å². The molecule has 6 heteroatoms. The van der Waals surface area contributed by atoms with E-state index in [0.717, 1.165) is 12.4 Å². The molecule has 0 saturated heterocycles. The molecule has 1 aromatic heterocycles. The molecular formula is C14H20N4O2. The zero-order chi connectivity index (χ0) is 14.5. The van der Waals surface area contributed by atoms with Crippen molar-refractivity contribution in [1.29, 1.82) is 0 Å². The molecule has 2 aromatic rings. The number of nitrogen functional groups attached to an aromatic ring is 1. The van der Waals surface area contributed by atoms with Gasteiger partial charge in [0.1, 0.15) is 24.4 Å². The second-order valence-corrected chi connectivity index (χ2v) is 4.94. The van der Waals surface area contributed by atoms with Crippen LogP contribution in [0.25, 0.3) is 0 Å². The average molecular weight is 276 g/mol. The van der Waals surface area contributed by atoms with E-state index in [1.165, 1.54) is 6.33 Å². The summed E-state index contributed by atoms with van der Waals surface area (Å²) in [5, 5.41) is 4.19. The Labute approximate surface area is 118 Å². The summed E-state index contributed by atoms with van der Waals surface area (Å²) in [7, 11) is 1.61. The zero-order valence-corrected chi connectivity index (χ0v) is 12.0. The second kappa shape index (κ2) is 6.27. The maximum absolute atomic E-state index is 5.88. The Morgan fingerprint density at radius 3 is 2.85 bits per heavy atom. The Bertz CT molecular complexity index is 566. The quantitative estimate of drug-likeness (QED) is 0.818. The third kappa shape index (κ3) is 3.40. The van der Waals surface area contributed by atoms with Crippen molar-refractivity contribution in [3.8, 4) is 11.5 Å². The van der Waals surface area contributed by atoms with Crippen molar-refractivity contribution in [3.63, 3.8) is 0 Å².